The molecule has 0 atom stereocenters. The van der Waals surface area contributed by atoms with Gasteiger partial charge in [0, 0.05) is 0 Å². The highest BCUT2D eigenvalue weighted by Gasteiger charge is 1.99. The Morgan fingerprint density at radius 1 is 1.15 bits per heavy atom. The van der Waals surface area contributed by atoms with Crippen molar-refractivity contribution in [2.45, 2.75) is 26.7 Å². The highest BCUT2D eigenvalue weighted by Crippen LogP contribution is 1.92. The van der Waals surface area contributed by atoms with Gasteiger partial charge < -0.3 is 16.0 Å². The van der Waals surface area contributed by atoms with Crippen LogP contribution in [0.2, 0.25) is 0 Å². The van der Waals surface area contributed by atoms with Gasteiger partial charge in [-0.3, -0.25) is 0 Å². The summed E-state index contributed by atoms with van der Waals surface area (Å²) in [6.45, 7) is 10.9. The second-order valence-electron chi connectivity index (χ2n) is 3.28. The van der Waals surface area contributed by atoms with Gasteiger partial charge in [-0.1, -0.05) is 13.8 Å². The maximum Gasteiger partial charge on any atom is -0.000675 e. The molecule has 0 bridgehead atoms. The highest BCUT2D eigenvalue weighted by atomic mass is 15.1. The number of rotatable bonds is 9. The second kappa shape index (κ2) is 9.96. The van der Waals surface area contributed by atoms with Gasteiger partial charge in [-0.15, -0.1) is 0 Å². The van der Waals surface area contributed by atoms with Gasteiger partial charge in [0.25, 0.3) is 0 Å². The van der Waals surface area contributed by atoms with Gasteiger partial charge in [0.15, 0.2) is 0 Å². The number of nitrogens with zero attached hydrogens (tertiary/aromatic N) is 1. The fourth-order valence-corrected chi connectivity index (χ4v) is 1.35. The van der Waals surface area contributed by atoms with Crippen LogP contribution >= 0.6 is 0 Å². The third-order valence-corrected chi connectivity index (χ3v) is 2.20. The lowest BCUT2D eigenvalue weighted by Gasteiger charge is -2.19. The molecule has 0 aliphatic heterocycles. The summed E-state index contributed by atoms with van der Waals surface area (Å²) in [5.74, 6) is 0. The number of nitrogens with one attached hydrogen (secondary N) is 1. The van der Waals surface area contributed by atoms with E-state index >= 15 is 0 Å². The lowest BCUT2D eigenvalue weighted by Crippen LogP contribution is -2.29. The lowest BCUT2D eigenvalue weighted by molar-refractivity contribution is 0.281. The van der Waals surface area contributed by atoms with E-state index in [0.717, 1.165) is 39.1 Å². The van der Waals surface area contributed by atoms with Crippen molar-refractivity contribution in [2.75, 3.05) is 39.3 Å². The Labute approximate surface area is 82.7 Å². The summed E-state index contributed by atoms with van der Waals surface area (Å²) >= 11 is 0. The Balaban J connectivity index is 3.25. The van der Waals surface area contributed by atoms with Crippen LogP contribution in [-0.4, -0.2) is 44.2 Å². The molecule has 0 fully saturated rings. The Morgan fingerprint density at radius 3 is 2.38 bits per heavy atom. The van der Waals surface area contributed by atoms with Crippen molar-refractivity contribution in [3.05, 3.63) is 0 Å². The number of hydrogen-bond acceptors (Lipinski definition) is 3. The molecule has 0 amide bonds. The Morgan fingerprint density at radius 2 is 1.85 bits per heavy atom. The predicted octanol–water partition coefficient (Wildman–Crippen LogP) is 0.657. The Hall–Kier alpha value is -0.120. The molecule has 0 saturated heterocycles. The summed E-state index contributed by atoms with van der Waals surface area (Å²) < 4.78 is 0. The van der Waals surface area contributed by atoms with Crippen molar-refractivity contribution in [2.24, 2.45) is 5.73 Å². The molecule has 0 spiro atoms. The summed E-state index contributed by atoms with van der Waals surface area (Å²) in [7, 11) is 0. The predicted molar refractivity (Wildman–Crippen MR) is 58.9 cm³/mol. The zero-order chi connectivity index (χ0) is 9.94. The molecule has 0 aromatic carbocycles. The SMILES string of the molecule is CCNCCCN(CC)CCCN. The van der Waals surface area contributed by atoms with Gasteiger partial charge in [0.2, 0.25) is 0 Å². The first-order chi connectivity index (χ1) is 6.35. The largest absolute Gasteiger partial charge is 0.330 e. The van der Waals surface area contributed by atoms with E-state index in [4.69, 9.17) is 5.73 Å². The van der Waals surface area contributed by atoms with E-state index in [1.807, 2.05) is 0 Å². The fraction of sp³-hybridized carbons (Fsp3) is 1.00. The Bertz CT molecular complexity index is 96.2. The van der Waals surface area contributed by atoms with Crippen LogP contribution < -0.4 is 11.1 Å². The van der Waals surface area contributed by atoms with Crippen LogP contribution in [0.1, 0.15) is 26.7 Å². The molecule has 3 N–H and O–H groups in total. The zero-order valence-corrected chi connectivity index (χ0v) is 9.18. The molecule has 3 nitrogen and oxygen atoms in total. The van der Waals surface area contributed by atoms with Gasteiger partial charge in [-0.2, -0.15) is 0 Å². The van der Waals surface area contributed by atoms with Crippen molar-refractivity contribution in [1.29, 1.82) is 0 Å². The van der Waals surface area contributed by atoms with Gasteiger partial charge in [0.1, 0.15) is 0 Å². The first kappa shape index (κ1) is 12.9. The van der Waals surface area contributed by atoms with E-state index in [0.29, 0.717) is 0 Å². The maximum absolute atomic E-state index is 5.47. The van der Waals surface area contributed by atoms with Gasteiger partial charge in [-0.05, 0) is 52.1 Å². The molecular weight excluding hydrogens is 162 g/mol. The molecule has 0 aromatic heterocycles. The van der Waals surface area contributed by atoms with E-state index in [9.17, 15) is 0 Å². The van der Waals surface area contributed by atoms with Crippen molar-refractivity contribution >= 4 is 0 Å². The van der Waals surface area contributed by atoms with Gasteiger partial charge >= 0.3 is 0 Å². The summed E-state index contributed by atoms with van der Waals surface area (Å²) in [4.78, 5) is 2.46. The molecule has 0 aromatic rings. The molecular formula is C10H25N3. The van der Waals surface area contributed by atoms with Gasteiger partial charge in [-0.25, -0.2) is 0 Å². The van der Waals surface area contributed by atoms with Crippen LogP contribution in [0, 0.1) is 0 Å². The average molecular weight is 187 g/mol. The molecule has 0 saturated carbocycles. The third-order valence-electron chi connectivity index (χ3n) is 2.20. The van der Waals surface area contributed by atoms with Crippen LogP contribution in [-0.2, 0) is 0 Å². The maximum atomic E-state index is 5.47. The van der Waals surface area contributed by atoms with Crippen LogP contribution in [0.4, 0.5) is 0 Å². The van der Waals surface area contributed by atoms with Crippen LogP contribution in [0.25, 0.3) is 0 Å². The molecule has 80 valence electrons. The summed E-state index contributed by atoms with van der Waals surface area (Å²) in [6.07, 6.45) is 2.36. The van der Waals surface area contributed by atoms with Crippen molar-refractivity contribution in [1.82, 2.24) is 10.2 Å². The molecule has 0 aliphatic rings. The average Bonchev–Trinajstić information content (AvgIpc) is 2.17. The monoisotopic (exact) mass is 187 g/mol. The first-order valence-corrected chi connectivity index (χ1v) is 5.48. The molecule has 3 heteroatoms. The van der Waals surface area contributed by atoms with E-state index in [-0.39, 0.29) is 0 Å². The summed E-state index contributed by atoms with van der Waals surface area (Å²) in [5.41, 5.74) is 5.47. The van der Waals surface area contributed by atoms with E-state index in [1.54, 1.807) is 0 Å². The number of nitrogens with two attached hydrogens (primary N) is 1. The first-order valence-electron chi connectivity index (χ1n) is 5.48. The van der Waals surface area contributed by atoms with E-state index in [1.165, 1.54) is 13.0 Å². The third kappa shape index (κ3) is 8.22. The number of hydrogen-bond donors (Lipinski definition) is 2. The van der Waals surface area contributed by atoms with Gasteiger partial charge in [0.05, 0.1) is 0 Å². The quantitative estimate of drug-likeness (QED) is 0.521. The van der Waals surface area contributed by atoms with E-state index in [2.05, 4.69) is 24.1 Å². The van der Waals surface area contributed by atoms with Crippen LogP contribution in [0.15, 0.2) is 0 Å². The smallest absolute Gasteiger partial charge is 0.000675 e. The van der Waals surface area contributed by atoms with Crippen LogP contribution in [0.5, 0.6) is 0 Å². The molecule has 0 aliphatic carbocycles. The normalized spacial score (nSPS) is 11.1. The minimum Gasteiger partial charge on any atom is -0.330 e. The highest BCUT2D eigenvalue weighted by molar-refractivity contribution is 4.57. The van der Waals surface area contributed by atoms with Crippen LogP contribution in [0.3, 0.4) is 0 Å². The zero-order valence-electron chi connectivity index (χ0n) is 9.18. The molecule has 13 heavy (non-hydrogen) atoms. The molecule has 0 rings (SSSR count). The van der Waals surface area contributed by atoms with Crippen molar-refractivity contribution in [3.63, 3.8) is 0 Å². The standard InChI is InChI=1S/C10H25N3/c1-3-12-8-6-10-13(4-2)9-5-7-11/h12H,3-11H2,1-2H3. The minimum absolute atomic E-state index is 0.809. The van der Waals surface area contributed by atoms with Crippen molar-refractivity contribution in [3.8, 4) is 0 Å². The molecule has 0 radical (unpaired) electrons. The lowest BCUT2D eigenvalue weighted by atomic mass is 10.3. The Kier molecular flexibility index (Phi) is 9.87. The second-order valence-corrected chi connectivity index (χ2v) is 3.28. The fourth-order valence-electron chi connectivity index (χ4n) is 1.35. The molecule has 0 heterocycles. The van der Waals surface area contributed by atoms with Crippen molar-refractivity contribution < 1.29 is 0 Å². The summed E-state index contributed by atoms with van der Waals surface area (Å²) in [5, 5.41) is 3.33. The topological polar surface area (TPSA) is 41.3 Å². The van der Waals surface area contributed by atoms with E-state index < -0.39 is 0 Å². The minimum atomic E-state index is 0.809. The summed E-state index contributed by atoms with van der Waals surface area (Å²) in [6, 6.07) is 0. The molecule has 0 unspecified atom stereocenters.